The first-order valence-corrected chi connectivity index (χ1v) is 8.81. The number of aryl methyl sites for hydroxylation is 1. The number of nitrogens with zero attached hydrogens (tertiary/aromatic N) is 2. The van der Waals surface area contributed by atoms with Gasteiger partial charge in [-0.1, -0.05) is 17.3 Å². The normalized spacial score (nSPS) is 13.3. The average Bonchev–Trinajstić information content (AvgIpc) is 3.10. The molecule has 0 unspecified atom stereocenters. The number of hydrogen-bond donors (Lipinski definition) is 0. The monoisotopic (exact) mass is 366 g/mol. The highest BCUT2D eigenvalue weighted by Crippen LogP contribution is 2.30. The Hall–Kier alpha value is -3.15. The zero-order chi connectivity index (χ0) is 18.8. The second kappa shape index (κ2) is 7.23. The zero-order valence-electron chi connectivity index (χ0n) is 14.9. The van der Waals surface area contributed by atoms with Crippen molar-refractivity contribution in [3.8, 4) is 17.1 Å². The maximum absolute atomic E-state index is 13.1. The van der Waals surface area contributed by atoms with E-state index in [1.165, 1.54) is 12.1 Å². The molecule has 0 bridgehead atoms. The molecule has 3 aromatic rings. The van der Waals surface area contributed by atoms with Crippen LogP contribution in [0.1, 0.15) is 16.8 Å². The summed E-state index contributed by atoms with van der Waals surface area (Å²) < 4.78 is 24.2. The summed E-state index contributed by atoms with van der Waals surface area (Å²) >= 11 is 0. The summed E-state index contributed by atoms with van der Waals surface area (Å²) in [4.78, 5) is 14.2. The molecule has 138 valence electrons. The smallest absolute Gasteiger partial charge is 0.260 e. The van der Waals surface area contributed by atoms with E-state index in [9.17, 15) is 9.18 Å². The minimum Gasteiger partial charge on any atom is -0.484 e. The Morgan fingerprint density at radius 2 is 2.07 bits per heavy atom. The number of amides is 1. The number of carbonyl (C=O) groups excluding carboxylic acids is 1. The first kappa shape index (κ1) is 17.3. The molecule has 0 fully saturated rings. The summed E-state index contributed by atoms with van der Waals surface area (Å²) in [5.74, 6) is 0.945. The van der Waals surface area contributed by atoms with Crippen LogP contribution < -0.4 is 4.74 Å². The van der Waals surface area contributed by atoms with Gasteiger partial charge in [0.25, 0.3) is 5.91 Å². The fraction of sp³-hybridized carbons (Fsp3) is 0.238. The van der Waals surface area contributed by atoms with Crippen LogP contribution in [0, 0.1) is 12.7 Å². The van der Waals surface area contributed by atoms with Gasteiger partial charge in [-0.2, -0.15) is 0 Å². The molecular formula is C21H19FN2O3. The summed E-state index contributed by atoms with van der Waals surface area (Å²) in [6.45, 7) is 2.92. The Kier molecular flexibility index (Phi) is 4.62. The number of carbonyl (C=O) groups is 1. The van der Waals surface area contributed by atoms with Crippen molar-refractivity contribution in [2.24, 2.45) is 0 Å². The van der Waals surface area contributed by atoms with E-state index in [-0.39, 0.29) is 18.3 Å². The van der Waals surface area contributed by atoms with Crippen molar-refractivity contribution in [3.05, 3.63) is 71.2 Å². The van der Waals surface area contributed by atoms with Gasteiger partial charge in [-0.05, 0) is 55.3 Å². The highest BCUT2D eigenvalue weighted by atomic mass is 19.1. The lowest BCUT2D eigenvalue weighted by Gasteiger charge is -2.26. The summed E-state index contributed by atoms with van der Waals surface area (Å²) in [7, 11) is 0. The fourth-order valence-corrected chi connectivity index (χ4v) is 3.21. The fourth-order valence-electron chi connectivity index (χ4n) is 3.21. The van der Waals surface area contributed by atoms with Crippen molar-refractivity contribution in [3.63, 3.8) is 0 Å². The maximum atomic E-state index is 13.1. The van der Waals surface area contributed by atoms with Crippen LogP contribution in [0.2, 0.25) is 0 Å². The lowest BCUT2D eigenvalue weighted by atomic mass is 10.0. The van der Waals surface area contributed by atoms with Crippen molar-refractivity contribution in [1.29, 1.82) is 0 Å². The third kappa shape index (κ3) is 3.69. The van der Waals surface area contributed by atoms with Gasteiger partial charge in [-0.25, -0.2) is 4.39 Å². The molecule has 5 nitrogen and oxygen atoms in total. The Morgan fingerprint density at radius 1 is 1.26 bits per heavy atom. The second-order valence-electron chi connectivity index (χ2n) is 6.61. The van der Waals surface area contributed by atoms with Crippen molar-refractivity contribution in [2.75, 3.05) is 13.2 Å². The molecule has 0 radical (unpaired) electrons. The largest absolute Gasteiger partial charge is 0.484 e. The van der Waals surface area contributed by atoms with Crippen molar-refractivity contribution >= 4 is 5.91 Å². The van der Waals surface area contributed by atoms with E-state index >= 15 is 0 Å². The molecule has 0 saturated carbocycles. The van der Waals surface area contributed by atoms with E-state index in [1.54, 1.807) is 17.0 Å². The zero-order valence-corrected chi connectivity index (χ0v) is 14.9. The van der Waals surface area contributed by atoms with Crippen LogP contribution in [0.5, 0.6) is 5.75 Å². The predicted molar refractivity (Wildman–Crippen MR) is 97.7 cm³/mol. The van der Waals surface area contributed by atoms with Crippen LogP contribution in [-0.2, 0) is 17.8 Å². The third-order valence-electron chi connectivity index (χ3n) is 4.65. The maximum Gasteiger partial charge on any atom is 0.260 e. The van der Waals surface area contributed by atoms with Crippen molar-refractivity contribution in [2.45, 2.75) is 19.9 Å². The van der Waals surface area contributed by atoms with E-state index in [1.807, 2.05) is 31.2 Å². The molecule has 0 aliphatic carbocycles. The van der Waals surface area contributed by atoms with E-state index in [0.717, 1.165) is 22.4 Å². The van der Waals surface area contributed by atoms with E-state index in [0.29, 0.717) is 31.0 Å². The lowest BCUT2D eigenvalue weighted by Crippen LogP contribution is -2.38. The quantitative estimate of drug-likeness (QED) is 0.706. The molecule has 1 aliphatic rings. The van der Waals surface area contributed by atoms with Crippen LogP contribution in [0.15, 0.2) is 53.1 Å². The molecule has 0 spiro atoms. The first-order valence-electron chi connectivity index (χ1n) is 8.81. The van der Waals surface area contributed by atoms with E-state index in [2.05, 4.69) is 5.16 Å². The molecule has 1 aliphatic heterocycles. The Balaban J connectivity index is 1.42. The van der Waals surface area contributed by atoms with Crippen LogP contribution in [0.3, 0.4) is 0 Å². The van der Waals surface area contributed by atoms with Crippen molar-refractivity contribution < 1.29 is 18.4 Å². The summed E-state index contributed by atoms with van der Waals surface area (Å²) in [5, 5.41) is 4.11. The molecule has 27 heavy (non-hydrogen) atoms. The van der Waals surface area contributed by atoms with Gasteiger partial charge in [0.15, 0.2) is 12.4 Å². The van der Waals surface area contributed by atoms with Gasteiger partial charge in [0.1, 0.15) is 17.3 Å². The Morgan fingerprint density at radius 3 is 2.85 bits per heavy atom. The van der Waals surface area contributed by atoms with Crippen molar-refractivity contribution in [1.82, 2.24) is 10.1 Å². The number of benzene rings is 2. The Bertz CT molecular complexity index is 966. The van der Waals surface area contributed by atoms with Crippen LogP contribution >= 0.6 is 0 Å². The highest BCUT2D eigenvalue weighted by molar-refractivity contribution is 5.78. The van der Waals surface area contributed by atoms with Gasteiger partial charge in [0.05, 0.1) is 6.54 Å². The van der Waals surface area contributed by atoms with Gasteiger partial charge in [0.2, 0.25) is 0 Å². The summed E-state index contributed by atoms with van der Waals surface area (Å²) in [6.07, 6.45) is 0.641. The summed E-state index contributed by atoms with van der Waals surface area (Å²) in [6, 6.07) is 13.7. The SMILES string of the molecule is Cc1cccc(OCC(=O)N2CCc3c(noc3-c3ccc(F)cc3)C2)c1. The van der Waals surface area contributed by atoms with Crippen LogP contribution in [-0.4, -0.2) is 29.1 Å². The number of hydrogen-bond acceptors (Lipinski definition) is 4. The average molecular weight is 366 g/mol. The molecule has 2 heterocycles. The number of aromatic nitrogens is 1. The first-order chi connectivity index (χ1) is 13.1. The van der Waals surface area contributed by atoms with Gasteiger partial charge in [0, 0.05) is 17.7 Å². The molecule has 2 aromatic carbocycles. The minimum absolute atomic E-state index is 0.0124. The predicted octanol–water partition coefficient (Wildman–Crippen LogP) is 3.75. The van der Waals surface area contributed by atoms with Gasteiger partial charge < -0.3 is 14.2 Å². The van der Waals surface area contributed by atoms with E-state index in [4.69, 9.17) is 9.26 Å². The molecule has 1 amide bonds. The number of ether oxygens (including phenoxy) is 1. The standard InChI is InChI=1S/C21H19FN2O3/c1-14-3-2-4-17(11-14)26-13-20(25)24-10-9-18-19(12-24)23-27-21(18)15-5-7-16(22)8-6-15/h2-8,11H,9-10,12-13H2,1H3. The molecular weight excluding hydrogens is 347 g/mol. The number of fused-ring (bicyclic) bond motifs is 1. The van der Waals surface area contributed by atoms with E-state index < -0.39 is 0 Å². The molecule has 4 rings (SSSR count). The lowest BCUT2D eigenvalue weighted by molar-refractivity contribution is -0.134. The molecule has 0 atom stereocenters. The van der Waals surface area contributed by atoms with Gasteiger partial charge in [-0.15, -0.1) is 0 Å². The number of rotatable bonds is 4. The Labute approximate surface area is 156 Å². The molecule has 6 heteroatoms. The number of halogens is 1. The molecule has 0 N–H and O–H groups in total. The highest BCUT2D eigenvalue weighted by Gasteiger charge is 2.27. The minimum atomic E-state index is -0.294. The van der Waals surface area contributed by atoms with Crippen LogP contribution in [0.4, 0.5) is 4.39 Å². The molecule has 0 saturated heterocycles. The van der Waals surface area contributed by atoms with Gasteiger partial charge >= 0.3 is 0 Å². The summed E-state index contributed by atoms with van der Waals surface area (Å²) in [5.41, 5.74) is 3.58. The topological polar surface area (TPSA) is 55.6 Å². The molecule has 1 aromatic heterocycles. The van der Waals surface area contributed by atoms with Crippen LogP contribution in [0.25, 0.3) is 11.3 Å². The van der Waals surface area contributed by atoms with Gasteiger partial charge in [-0.3, -0.25) is 4.79 Å². The second-order valence-corrected chi connectivity index (χ2v) is 6.61. The third-order valence-corrected chi connectivity index (χ3v) is 4.65.